The van der Waals surface area contributed by atoms with E-state index in [1.807, 2.05) is 49.9 Å². The summed E-state index contributed by atoms with van der Waals surface area (Å²) < 4.78 is 0. The molecule has 7 heteroatoms. The number of hydrogen-bond donors (Lipinski definition) is 2. The van der Waals surface area contributed by atoms with Crippen molar-refractivity contribution in [2.45, 2.75) is 52.9 Å². The molecule has 30 heavy (non-hydrogen) atoms. The maximum absolute atomic E-state index is 12.5. The molecule has 0 radical (unpaired) electrons. The van der Waals surface area contributed by atoms with Gasteiger partial charge in [0, 0.05) is 51.3 Å². The molecule has 1 aromatic carbocycles. The number of nitrogens with one attached hydrogen (secondary N) is 2. The average molecular weight is 417 g/mol. The molecule has 1 saturated heterocycles. The van der Waals surface area contributed by atoms with E-state index in [-0.39, 0.29) is 23.8 Å². The maximum Gasteiger partial charge on any atom is 0.319 e. The first-order valence-corrected chi connectivity index (χ1v) is 11.1. The number of rotatable bonds is 9. The first-order chi connectivity index (χ1) is 14.4. The van der Waals surface area contributed by atoms with Gasteiger partial charge in [0.25, 0.3) is 0 Å². The fourth-order valence-corrected chi connectivity index (χ4v) is 3.79. The average Bonchev–Trinajstić information content (AvgIpc) is 2.75. The summed E-state index contributed by atoms with van der Waals surface area (Å²) in [5, 5.41) is 5.75. The van der Waals surface area contributed by atoms with Crippen molar-refractivity contribution >= 4 is 23.5 Å². The highest BCUT2D eigenvalue weighted by Gasteiger charge is 2.24. The van der Waals surface area contributed by atoms with Gasteiger partial charge in [-0.3, -0.25) is 9.59 Å². The Morgan fingerprint density at radius 3 is 2.47 bits per heavy atom. The molecular weight excluding hydrogens is 380 g/mol. The van der Waals surface area contributed by atoms with Gasteiger partial charge in [0.05, 0.1) is 0 Å². The molecule has 1 unspecified atom stereocenters. The summed E-state index contributed by atoms with van der Waals surface area (Å²) in [6.45, 7) is 9.32. The second-order valence-corrected chi connectivity index (χ2v) is 7.97. The van der Waals surface area contributed by atoms with Crippen LogP contribution in [0.5, 0.6) is 0 Å². The summed E-state index contributed by atoms with van der Waals surface area (Å²) in [5.41, 5.74) is 1.91. The Bertz CT molecular complexity index is 701. The van der Waals surface area contributed by atoms with Gasteiger partial charge >= 0.3 is 6.03 Å². The first kappa shape index (κ1) is 23.7. The molecule has 0 aromatic heterocycles. The lowest BCUT2D eigenvalue weighted by Gasteiger charge is -2.33. The van der Waals surface area contributed by atoms with Crippen LogP contribution in [0.1, 0.15) is 51.5 Å². The molecule has 1 aromatic rings. The second kappa shape index (κ2) is 12.2. The van der Waals surface area contributed by atoms with E-state index in [0.29, 0.717) is 45.4 Å². The van der Waals surface area contributed by atoms with Gasteiger partial charge in [-0.25, -0.2) is 4.79 Å². The number of amides is 4. The van der Waals surface area contributed by atoms with Crippen LogP contribution in [0.25, 0.3) is 0 Å². The second-order valence-electron chi connectivity index (χ2n) is 7.97. The van der Waals surface area contributed by atoms with Crippen LogP contribution in [0.4, 0.5) is 10.5 Å². The van der Waals surface area contributed by atoms with Gasteiger partial charge in [0.2, 0.25) is 11.8 Å². The van der Waals surface area contributed by atoms with E-state index in [1.54, 1.807) is 4.90 Å². The van der Waals surface area contributed by atoms with Crippen LogP contribution in [0, 0.1) is 12.8 Å². The monoisotopic (exact) mass is 416 g/mol. The van der Waals surface area contributed by atoms with Gasteiger partial charge in [-0.1, -0.05) is 17.7 Å². The Morgan fingerprint density at radius 2 is 1.80 bits per heavy atom. The van der Waals surface area contributed by atoms with Crippen LogP contribution in [0.15, 0.2) is 24.3 Å². The molecule has 1 atom stereocenters. The van der Waals surface area contributed by atoms with E-state index in [0.717, 1.165) is 30.6 Å². The smallest absolute Gasteiger partial charge is 0.319 e. The lowest BCUT2D eigenvalue weighted by molar-refractivity contribution is -0.133. The highest BCUT2D eigenvalue weighted by Crippen LogP contribution is 2.17. The van der Waals surface area contributed by atoms with E-state index < -0.39 is 0 Å². The third-order valence-corrected chi connectivity index (χ3v) is 5.63. The van der Waals surface area contributed by atoms with E-state index in [1.165, 1.54) is 0 Å². The Morgan fingerprint density at radius 1 is 1.10 bits per heavy atom. The van der Waals surface area contributed by atoms with Crippen LogP contribution in [0.3, 0.4) is 0 Å². The third-order valence-electron chi connectivity index (χ3n) is 5.63. The normalized spacial score (nSPS) is 16.1. The summed E-state index contributed by atoms with van der Waals surface area (Å²) in [6.07, 6.45) is 3.35. The summed E-state index contributed by atoms with van der Waals surface area (Å²) in [5.74, 6) is 0.480. The Hall–Kier alpha value is -2.57. The number of nitrogens with zero attached hydrogens (tertiary/aromatic N) is 2. The fraction of sp³-hybridized carbons (Fsp3) is 0.609. The maximum atomic E-state index is 12.5. The zero-order valence-corrected chi connectivity index (χ0v) is 18.6. The molecule has 4 amide bonds. The summed E-state index contributed by atoms with van der Waals surface area (Å²) in [4.78, 5) is 40.4. The molecule has 166 valence electrons. The number of carbonyl (C=O) groups is 3. The standard InChI is InChI=1S/C23H36N4O3/c1-4-26(5-2)21(28)9-6-10-22(29)27-15-7-8-19(17-27)16-24-23(30)25-20-13-11-18(3)12-14-20/h11-14,19H,4-10,15-17H2,1-3H3,(H2,24,25,30). The van der Waals surface area contributed by atoms with Crippen LogP contribution < -0.4 is 10.6 Å². The number of aryl methyl sites for hydroxylation is 1. The minimum atomic E-state index is -0.225. The molecule has 7 nitrogen and oxygen atoms in total. The number of benzene rings is 1. The van der Waals surface area contributed by atoms with Crippen molar-refractivity contribution in [1.29, 1.82) is 0 Å². The Labute approximate surface area is 180 Å². The number of piperidine rings is 1. The van der Waals surface area contributed by atoms with Crippen molar-refractivity contribution in [3.8, 4) is 0 Å². The molecule has 1 fully saturated rings. The van der Waals surface area contributed by atoms with Crippen molar-refractivity contribution in [2.24, 2.45) is 5.92 Å². The predicted molar refractivity (Wildman–Crippen MR) is 119 cm³/mol. The molecular formula is C23H36N4O3. The van der Waals surface area contributed by atoms with E-state index in [4.69, 9.17) is 0 Å². The van der Waals surface area contributed by atoms with Crippen molar-refractivity contribution in [2.75, 3.05) is 38.0 Å². The van der Waals surface area contributed by atoms with Gasteiger partial charge in [-0.2, -0.15) is 0 Å². The van der Waals surface area contributed by atoms with Crippen LogP contribution in [-0.4, -0.2) is 60.4 Å². The fourth-order valence-electron chi connectivity index (χ4n) is 3.79. The zero-order chi connectivity index (χ0) is 21.9. The Balaban J connectivity index is 1.69. The highest BCUT2D eigenvalue weighted by molar-refractivity contribution is 5.89. The van der Waals surface area contributed by atoms with Crippen LogP contribution in [-0.2, 0) is 9.59 Å². The molecule has 0 saturated carbocycles. The van der Waals surface area contributed by atoms with Gasteiger partial charge in [-0.05, 0) is 58.1 Å². The molecule has 0 aliphatic carbocycles. The van der Waals surface area contributed by atoms with Crippen molar-refractivity contribution in [3.63, 3.8) is 0 Å². The topological polar surface area (TPSA) is 81.8 Å². The zero-order valence-electron chi connectivity index (χ0n) is 18.6. The van der Waals surface area contributed by atoms with Gasteiger partial charge in [-0.15, -0.1) is 0 Å². The molecule has 1 aliphatic heterocycles. The van der Waals surface area contributed by atoms with Crippen LogP contribution >= 0.6 is 0 Å². The van der Waals surface area contributed by atoms with Gasteiger partial charge in [0.1, 0.15) is 0 Å². The molecule has 0 spiro atoms. The molecule has 1 heterocycles. The molecule has 2 rings (SSSR count). The molecule has 1 aliphatic rings. The summed E-state index contributed by atoms with van der Waals surface area (Å²) in [6, 6.07) is 7.44. The van der Waals surface area contributed by atoms with E-state index >= 15 is 0 Å². The molecule has 2 N–H and O–H groups in total. The van der Waals surface area contributed by atoms with E-state index in [9.17, 15) is 14.4 Å². The lowest BCUT2D eigenvalue weighted by Crippen LogP contribution is -2.44. The quantitative estimate of drug-likeness (QED) is 0.647. The minimum absolute atomic E-state index is 0.108. The molecule has 0 bridgehead atoms. The summed E-state index contributed by atoms with van der Waals surface area (Å²) >= 11 is 0. The number of urea groups is 1. The summed E-state index contributed by atoms with van der Waals surface area (Å²) in [7, 11) is 0. The van der Waals surface area contributed by atoms with Crippen molar-refractivity contribution in [3.05, 3.63) is 29.8 Å². The van der Waals surface area contributed by atoms with Gasteiger partial charge < -0.3 is 20.4 Å². The highest BCUT2D eigenvalue weighted by atomic mass is 16.2. The SMILES string of the molecule is CCN(CC)C(=O)CCCC(=O)N1CCCC(CNC(=O)Nc2ccc(C)cc2)C1. The Kier molecular flexibility index (Phi) is 9.64. The minimum Gasteiger partial charge on any atom is -0.343 e. The third kappa shape index (κ3) is 7.69. The van der Waals surface area contributed by atoms with Crippen LogP contribution in [0.2, 0.25) is 0 Å². The van der Waals surface area contributed by atoms with Crippen molar-refractivity contribution < 1.29 is 14.4 Å². The largest absolute Gasteiger partial charge is 0.343 e. The van der Waals surface area contributed by atoms with E-state index in [2.05, 4.69) is 10.6 Å². The number of hydrogen-bond acceptors (Lipinski definition) is 3. The lowest BCUT2D eigenvalue weighted by atomic mass is 9.97. The number of carbonyl (C=O) groups excluding carboxylic acids is 3. The number of likely N-dealkylation sites (tertiary alicyclic amines) is 1. The van der Waals surface area contributed by atoms with Crippen molar-refractivity contribution in [1.82, 2.24) is 15.1 Å². The van der Waals surface area contributed by atoms with Gasteiger partial charge in [0.15, 0.2) is 0 Å². The first-order valence-electron chi connectivity index (χ1n) is 11.1. The number of anilines is 1. The predicted octanol–water partition coefficient (Wildman–Crippen LogP) is 3.39.